The Morgan fingerprint density at radius 2 is 2.06 bits per heavy atom. The van der Waals surface area contributed by atoms with Gasteiger partial charge in [0.15, 0.2) is 6.61 Å². The number of carbonyl (C=O) groups is 1. The third-order valence-electron chi connectivity index (χ3n) is 6.88. The van der Waals surface area contributed by atoms with Gasteiger partial charge in [0.05, 0.1) is 11.2 Å². The largest absolute Gasteiger partial charge is 0.482 e. The summed E-state index contributed by atoms with van der Waals surface area (Å²) in [5, 5.41) is 4.16. The van der Waals surface area contributed by atoms with E-state index in [1.807, 2.05) is 13.0 Å². The molecular weight excluding hydrogens is 388 g/mol. The number of nitrogens with one attached hydrogen (secondary N) is 1. The molecule has 2 bridgehead atoms. The van der Waals surface area contributed by atoms with Crippen molar-refractivity contribution in [3.63, 3.8) is 0 Å². The second-order valence-electron chi connectivity index (χ2n) is 8.90. The molecule has 0 spiro atoms. The topological polar surface area (TPSA) is 57.7 Å². The average Bonchev–Trinajstić information content (AvgIpc) is 3.37. The molecule has 0 radical (unpaired) electrons. The predicted molar refractivity (Wildman–Crippen MR) is 122 cm³/mol. The average molecular weight is 415 g/mol. The molecule has 31 heavy (non-hydrogen) atoms. The van der Waals surface area contributed by atoms with Gasteiger partial charge in [0.2, 0.25) is 0 Å². The molecule has 158 valence electrons. The Kier molecular flexibility index (Phi) is 4.35. The molecule has 6 heteroatoms. The van der Waals surface area contributed by atoms with E-state index in [9.17, 15) is 4.79 Å². The smallest absolute Gasteiger partial charge is 0.262 e. The van der Waals surface area contributed by atoms with Crippen LogP contribution in [0.15, 0.2) is 48.5 Å². The van der Waals surface area contributed by atoms with Crippen LogP contribution in [0.4, 0.5) is 11.4 Å². The zero-order valence-electron chi connectivity index (χ0n) is 17.7. The van der Waals surface area contributed by atoms with Gasteiger partial charge in [-0.3, -0.25) is 14.7 Å². The molecule has 6 rings (SSSR count). The Hall–Kier alpha value is -3.12. The molecule has 3 aliphatic rings. The Labute approximate surface area is 181 Å². The molecule has 0 unspecified atom stereocenters. The molecule has 0 aliphatic carbocycles. The van der Waals surface area contributed by atoms with Crippen LogP contribution in [0.25, 0.3) is 10.9 Å². The number of ether oxygens (including phenoxy) is 1. The highest BCUT2D eigenvalue weighted by atomic mass is 16.5. The molecule has 2 aromatic carbocycles. The Balaban J connectivity index is 1.14. The number of likely N-dealkylation sites (tertiary alicyclic amines) is 1. The molecule has 1 aromatic heterocycles. The summed E-state index contributed by atoms with van der Waals surface area (Å²) in [6.45, 7) is 5.37. The quantitative estimate of drug-likeness (QED) is 0.709. The second kappa shape index (κ2) is 7.24. The molecule has 6 nitrogen and oxygen atoms in total. The van der Waals surface area contributed by atoms with Crippen LogP contribution in [0, 0.1) is 6.92 Å². The van der Waals surface area contributed by atoms with Gasteiger partial charge in [-0.25, -0.2) is 0 Å². The van der Waals surface area contributed by atoms with Crippen molar-refractivity contribution in [3.8, 4) is 5.75 Å². The summed E-state index contributed by atoms with van der Waals surface area (Å²) < 4.78 is 5.47. The number of anilines is 2. The third-order valence-corrected chi connectivity index (χ3v) is 6.88. The summed E-state index contributed by atoms with van der Waals surface area (Å²) >= 11 is 0. The highest BCUT2D eigenvalue weighted by Crippen LogP contribution is 2.38. The van der Waals surface area contributed by atoms with E-state index in [1.54, 1.807) is 0 Å². The van der Waals surface area contributed by atoms with Crippen molar-refractivity contribution in [3.05, 3.63) is 59.8 Å². The molecule has 2 saturated heterocycles. The molecule has 2 fully saturated rings. The Morgan fingerprint density at radius 1 is 1.13 bits per heavy atom. The summed E-state index contributed by atoms with van der Waals surface area (Å²) in [4.78, 5) is 21.5. The zero-order valence-corrected chi connectivity index (χ0v) is 17.7. The van der Waals surface area contributed by atoms with Crippen molar-refractivity contribution in [1.29, 1.82) is 0 Å². The summed E-state index contributed by atoms with van der Waals surface area (Å²) in [7, 11) is 0. The lowest BCUT2D eigenvalue weighted by atomic mass is 10.1. The summed E-state index contributed by atoms with van der Waals surface area (Å²) in [5.74, 6) is 0.680. The van der Waals surface area contributed by atoms with Gasteiger partial charge in [0.25, 0.3) is 5.91 Å². The van der Waals surface area contributed by atoms with Gasteiger partial charge in [-0.15, -0.1) is 0 Å². The SMILES string of the molecule is Cc1ccc2c(N3C[C@@H]4C[C@H]3CN4CCc3ccc4c(c3)NC(=O)CO4)cccc2n1. The lowest BCUT2D eigenvalue weighted by Gasteiger charge is -2.36. The van der Waals surface area contributed by atoms with Crippen LogP contribution in [0.1, 0.15) is 17.7 Å². The number of hydrogen-bond donors (Lipinski definition) is 1. The van der Waals surface area contributed by atoms with Crippen molar-refractivity contribution in [2.45, 2.75) is 31.8 Å². The summed E-state index contributed by atoms with van der Waals surface area (Å²) in [5.41, 5.74) is 5.50. The van der Waals surface area contributed by atoms with Gasteiger partial charge >= 0.3 is 0 Å². The van der Waals surface area contributed by atoms with Crippen molar-refractivity contribution in [2.75, 3.05) is 36.5 Å². The summed E-state index contributed by atoms with van der Waals surface area (Å²) in [6.07, 6.45) is 2.20. The standard InChI is InChI=1S/C25H26N4O2/c1-16-5-7-20-21(26-16)3-2-4-23(20)29-14-18-12-19(29)13-28(18)10-9-17-6-8-24-22(11-17)27-25(30)15-31-24/h2-8,11,18-19H,9-10,12-15H2,1H3,(H,27,30)/t18-,19-/m0/s1. The van der Waals surface area contributed by atoms with Crippen LogP contribution in [-0.2, 0) is 11.2 Å². The fourth-order valence-corrected chi connectivity index (χ4v) is 5.37. The first kappa shape index (κ1) is 18.6. The number of benzene rings is 2. The third kappa shape index (κ3) is 3.31. The maximum atomic E-state index is 11.6. The number of fused-ring (bicyclic) bond motifs is 4. The number of hydrogen-bond acceptors (Lipinski definition) is 5. The van der Waals surface area contributed by atoms with Crippen LogP contribution < -0.4 is 15.0 Å². The van der Waals surface area contributed by atoms with Gasteiger partial charge in [-0.1, -0.05) is 12.1 Å². The highest BCUT2D eigenvalue weighted by molar-refractivity contribution is 5.95. The van der Waals surface area contributed by atoms with E-state index in [0.717, 1.165) is 48.7 Å². The minimum Gasteiger partial charge on any atom is -0.482 e. The fraction of sp³-hybridized carbons (Fsp3) is 0.360. The van der Waals surface area contributed by atoms with Crippen LogP contribution in [0.2, 0.25) is 0 Å². The second-order valence-corrected chi connectivity index (χ2v) is 8.90. The minimum atomic E-state index is -0.0830. The number of piperazine rings is 1. The van der Waals surface area contributed by atoms with Gasteiger partial charge < -0.3 is 15.0 Å². The first-order chi connectivity index (χ1) is 15.1. The number of nitrogens with zero attached hydrogens (tertiary/aromatic N) is 3. The maximum absolute atomic E-state index is 11.6. The number of carbonyl (C=O) groups excluding carboxylic acids is 1. The van der Waals surface area contributed by atoms with Gasteiger partial charge in [0, 0.05) is 48.5 Å². The number of aryl methyl sites for hydroxylation is 1. The molecule has 2 atom stereocenters. The fourth-order valence-electron chi connectivity index (χ4n) is 5.37. The molecule has 4 heterocycles. The molecular formula is C25H26N4O2. The zero-order chi connectivity index (χ0) is 20.9. The van der Waals surface area contributed by atoms with Crippen molar-refractivity contribution in [1.82, 2.24) is 9.88 Å². The van der Waals surface area contributed by atoms with E-state index in [2.05, 4.69) is 57.6 Å². The van der Waals surface area contributed by atoms with Gasteiger partial charge in [-0.2, -0.15) is 0 Å². The molecule has 1 amide bonds. The minimum absolute atomic E-state index is 0.0830. The number of aromatic nitrogens is 1. The lowest BCUT2D eigenvalue weighted by molar-refractivity contribution is -0.118. The number of amides is 1. The first-order valence-corrected chi connectivity index (χ1v) is 11.1. The van der Waals surface area contributed by atoms with Crippen molar-refractivity contribution >= 4 is 28.2 Å². The maximum Gasteiger partial charge on any atom is 0.262 e. The highest BCUT2D eigenvalue weighted by Gasteiger charge is 2.43. The normalized spacial score (nSPS) is 22.5. The summed E-state index contributed by atoms with van der Waals surface area (Å²) in [6, 6.07) is 18.1. The van der Waals surface area contributed by atoms with Gasteiger partial charge in [-0.05, 0) is 61.7 Å². The van der Waals surface area contributed by atoms with Crippen molar-refractivity contribution in [2.24, 2.45) is 0 Å². The van der Waals surface area contributed by atoms with Crippen molar-refractivity contribution < 1.29 is 9.53 Å². The Bertz CT molecular complexity index is 1180. The molecule has 0 saturated carbocycles. The lowest BCUT2D eigenvalue weighted by Crippen LogP contribution is -2.47. The number of rotatable bonds is 4. The molecule has 3 aromatic rings. The molecule has 3 aliphatic heterocycles. The predicted octanol–water partition coefficient (Wildman–Crippen LogP) is 3.38. The van der Waals surface area contributed by atoms with Crippen LogP contribution in [-0.4, -0.2) is 54.1 Å². The van der Waals surface area contributed by atoms with Crippen LogP contribution in [0.5, 0.6) is 5.75 Å². The van der Waals surface area contributed by atoms with E-state index < -0.39 is 0 Å². The number of pyridine rings is 1. The van der Waals surface area contributed by atoms with Crippen LogP contribution in [0.3, 0.4) is 0 Å². The van der Waals surface area contributed by atoms with E-state index >= 15 is 0 Å². The van der Waals surface area contributed by atoms with Crippen LogP contribution >= 0.6 is 0 Å². The van der Waals surface area contributed by atoms with E-state index in [1.165, 1.54) is 23.1 Å². The van der Waals surface area contributed by atoms with E-state index in [4.69, 9.17) is 9.72 Å². The van der Waals surface area contributed by atoms with E-state index in [0.29, 0.717) is 12.1 Å². The molecule has 1 N–H and O–H groups in total. The Morgan fingerprint density at radius 3 is 2.94 bits per heavy atom. The first-order valence-electron chi connectivity index (χ1n) is 11.1. The monoisotopic (exact) mass is 414 g/mol. The van der Waals surface area contributed by atoms with E-state index in [-0.39, 0.29) is 12.5 Å². The van der Waals surface area contributed by atoms with Gasteiger partial charge in [0.1, 0.15) is 5.75 Å².